The van der Waals surface area contributed by atoms with Gasteiger partial charge >= 0.3 is 0 Å². The third-order valence-corrected chi connectivity index (χ3v) is 3.40. The lowest BCUT2D eigenvalue weighted by Gasteiger charge is -2.19. The maximum Gasteiger partial charge on any atom is 0.0450 e. The van der Waals surface area contributed by atoms with E-state index in [-0.39, 0.29) is 12.6 Å². The molecule has 2 rings (SSSR count). The molecule has 1 heterocycles. The molecule has 0 amide bonds. The first-order valence-electron chi connectivity index (χ1n) is 6.68. The van der Waals surface area contributed by atoms with Gasteiger partial charge in [-0.3, -0.25) is 4.98 Å². The summed E-state index contributed by atoms with van der Waals surface area (Å²) in [6.07, 6.45) is 3.53. The van der Waals surface area contributed by atoms with Crippen molar-refractivity contribution in [2.75, 3.05) is 17.7 Å². The second kappa shape index (κ2) is 5.89. The molecule has 4 heteroatoms. The smallest absolute Gasteiger partial charge is 0.0450 e. The Bertz CT molecular complexity index is 569. The maximum absolute atomic E-state index is 9.08. The molecule has 102 valence electrons. The highest BCUT2D eigenvalue weighted by Gasteiger charge is 2.09. The summed E-state index contributed by atoms with van der Waals surface area (Å²) in [7, 11) is 0. The normalized spacial score (nSPS) is 12.6. The number of fused-ring (bicyclic) bond motifs is 1. The number of aliphatic hydroxyl groups is 1. The van der Waals surface area contributed by atoms with E-state index in [4.69, 9.17) is 10.8 Å². The lowest BCUT2D eigenvalue weighted by molar-refractivity contribution is 0.278. The van der Waals surface area contributed by atoms with Crippen molar-refractivity contribution in [2.24, 2.45) is 0 Å². The fraction of sp³-hybridized carbons (Fsp3) is 0.400. The summed E-state index contributed by atoms with van der Waals surface area (Å²) in [6, 6.07) is 6.20. The second-order valence-corrected chi connectivity index (χ2v) is 4.84. The molecule has 0 aliphatic rings. The van der Waals surface area contributed by atoms with Crippen molar-refractivity contribution in [3.8, 4) is 0 Å². The van der Waals surface area contributed by atoms with Gasteiger partial charge in [0, 0.05) is 46.7 Å². The van der Waals surface area contributed by atoms with Crippen molar-refractivity contribution >= 4 is 22.1 Å². The summed E-state index contributed by atoms with van der Waals surface area (Å²) in [5.41, 5.74) is 8.75. The number of anilines is 2. The molecule has 0 radical (unpaired) electrons. The van der Waals surface area contributed by atoms with E-state index in [1.54, 1.807) is 0 Å². The van der Waals surface area contributed by atoms with Crippen LogP contribution in [0.2, 0.25) is 0 Å². The molecular formula is C15H21N3O. The van der Waals surface area contributed by atoms with E-state index in [0.717, 1.165) is 40.7 Å². The Balaban J connectivity index is 2.42. The third kappa shape index (κ3) is 2.96. The summed E-state index contributed by atoms with van der Waals surface area (Å²) >= 11 is 0. The number of nitrogen functional groups attached to an aromatic ring is 1. The monoisotopic (exact) mass is 259 g/mol. The number of aromatic nitrogens is 1. The lowest BCUT2D eigenvalue weighted by atomic mass is 10.1. The maximum atomic E-state index is 9.08. The van der Waals surface area contributed by atoms with Gasteiger partial charge < -0.3 is 16.2 Å². The van der Waals surface area contributed by atoms with Crippen molar-refractivity contribution in [1.82, 2.24) is 4.98 Å². The molecule has 0 saturated carbocycles. The van der Waals surface area contributed by atoms with Crippen LogP contribution in [0, 0.1) is 6.92 Å². The van der Waals surface area contributed by atoms with Gasteiger partial charge in [0.15, 0.2) is 0 Å². The van der Waals surface area contributed by atoms with Crippen molar-refractivity contribution in [3.05, 3.63) is 30.1 Å². The van der Waals surface area contributed by atoms with Gasteiger partial charge in [0.2, 0.25) is 0 Å². The fourth-order valence-corrected chi connectivity index (χ4v) is 2.25. The zero-order valence-electron chi connectivity index (χ0n) is 11.5. The van der Waals surface area contributed by atoms with Crippen LogP contribution >= 0.6 is 0 Å². The van der Waals surface area contributed by atoms with E-state index in [9.17, 15) is 0 Å². The third-order valence-electron chi connectivity index (χ3n) is 3.40. The minimum atomic E-state index is 0.193. The Hall–Kier alpha value is -1.81. The number of aliphatic hydroxyl groups excluding tert-OH is 1. The first kappa shape index (κ1) is 13.6. The number of nitrogens with two attached hydrogens (primary N) is 1. The summed E-state index contributed by atoms with van der Waals surface area (Å²) in [5, 5.41) is 14.6. The molecule has 0 saturated heterocycles. The highest BCUT2D eigenvalue weighted by molar-refractivity contribution is 6.00. The van der Waals surface area contributed by atoms with Crippen LogP contribution in [-0.2, 0) is 0 Å². The van der Waals surface area contributed by atoms with Gasteiger partial charge in [0.1, 0.15) is 0 Å². The van der Waals surface area contributed by atoms with Crippen molar-refractivity contribution in [3.63, 3.8) is 0 Å². The van der Waals surface area contributed by atoms with Crippen LogP contribution in [0.5, 0.6) is 0 Å². The highest BCUT2D eigenvalue weighted by Crippen LogP contribution is 2.29. The Morgan fingerprint density at radius 2 is 2.16 bits per heavy atom. The van der Waals surface area contributed by atoms with Gasteiger partial charge in [0.25, 0.3) is 0 Å². The number of nitrogens with zero attached hydrogens (tertiary/aromatic N) is 1. The molecule has 2 aromatic rings. The molecule has 4 nitrogen and oxygen atoms in total. The van der Waals surface area contributed by atoms with Crippen LogP contribution in [0.3, 0.4) is 0 Å². The molecule has 0 aliphatic carbocycles. The van der Waals surface area contributed by atoms with E-state index in [1.807, 2.05) is 31.3 Å². The van der Waals surface area contributed by atoms with E-state index in [0.29, 0.717) is 0 Å². The topological polar surface area (TPSA) is 71.2 Å². The first-order valence-corrected chi connectivity index (χ1v) is 6.68. The molecule has 1 unspecified atom stereocenters. The number of pyridine rings is 1. The molecule has 1 atom stereocenters. The van der Waals surface area contributed by atoms with Crippen LogP contribution in [0.25, 0.3) is 10.8 Å². The predicted molar refractivity (Wildman–Crippen MR) is 80.3 cm³/mol. The quantitative estimate of drug-likeness (QED) is 0.722. The van der Waals surface area contributed by atoms with E-state index < -0.39 is 0 Å². The Kier molecular flexibility index (Phi) is 4.22. The van der Waals surface area contributed by atoms with Crippen LogP contribution in [0.15, 0.2) is 24.4 Å². The Morgan fingerprint density at radius 1 is 1.37 bits per heavy atom. The molecule has 0 bridgehead atoms. The average molecular weight is 259 g/mol. The largest absolute Gasteiger partial charge is 0.398 e. The van der Waals surface area contributed by atoms with Gasteiger partial charge in [-0.15, -0.1) is 0 Å². The van der Waals surface area contributed by atoms with Crippen LogP contribution in [0.4, 0.5) is 11.4 Å². The molecule has 1 aromatic carbocycles. The molecular weight excluding hydrogens is 238 g/mol. The Morgan fingerprint density at radius 3 is 2.84 bits per heavy atom. The highest BCUT2D eigenvalue weighted by atomic mass is 16.3. The number of benzene rings is 1. The molecule has 1 aromatic heterocycles. The zero-order valence-corrected chi connectivity index (χ0v) is 11.5. The van der Waals surface area contributed by atoms with Gasteiger partial charge in [-0.05, 0) is 38.0 Å². The predicted octanol–water partition coefficient (Wildman–Crippen LogP) is 2.70. The molecule has 19 heavy (non-hydrogen) atoms. The number of hydrogen-bond donors (Lipinski definition) is 3. The van der Waals surface area contributed by atoms with E-state index in [2.05, 4.69) is 17.2 Å². The van der Waals surface area contributed by atoms with Crippen molar-refractivity contribution in [1.29, 1.82) is 0 Å². The van der Waals surface area contributed by atoms with Crippen LogP contribution < -0.4 is 11.1 Å². The minimum Gasteiger partial charge on any atom is -0.398 e. The average Bonchev–Trinajstić information content (AvgIpc) is 2.41. The Labute approximate surface area is 113 Å². The summed E-state index contributed by atoms with van der Waals surface area (Å²) in [5.74, 6) is 0. The summed E-state index contributed by atoms with van der Waals surface area (Å²) < 4.78 is 0. The fourth-order valence-electron chi connectivity index (χ4n) is 2.25. The van der Waals surface area contributed by atoms with Gasteiger partial charge in [-0.1, -0.05) is 6.92 Å². The van der Waals surface area contributed by atoms with E-state index >= 15 is 0 Å². The van der Waals surface area contributed by atoms with Gasteiger partial charge in [0.05, 0.1) is 0 Å². The molecule has 0 aliphatic heterocycles. The van der Waals surface area contributed by atoms with Crippen LogP contribution in [-0.4, -0.2) is 22.7 Å². The standard InChI is InChI=1S/C15H21N3O/c1-3-11(6-7-19)18-15-5-4-14(16)13-9-17-10(2)8-12(13)15/h4-5,8-9,11,18-19H,3,6-7,16H2,1-2H3. The van der Waals surface area contributed by atoms with Crippen molar-refractivity contribution < 1.29 is 5.11 Å². The van der Waals surface area contributed by atoms with Crippen molar-refractivity contribution in [2.45, 2.75) is 32.7 Å². The summed E-state index contributed by atoms with van der Waals surface area (Å²) in [4.78, 5) is 4.30. The first-order chi connectivity index (χ1) is 9.15. The van der Waals surface area contributed by atoms with Gasteiger partial charge in [-0.2, -0.15) is 0 Å². The van der Waals surface area contributed by atoms with Gasteiger partial charge in [-0.25, -0.2) is 0 Å². The zero-order chi connectivity index (χ0) is 13.8. The molecule has 0 fully saturated rings. The SMILES string of the molecule is CCC(CCO)Nc1ccc(N)c2cnc(C)cc12. The van der Waals surface area contributed by atoms with Crippen LogP contribution in [0.1, 0.15) is 25.5 Å². The minimum absolute atomic E-state index is 0.193. The van der Waals surface area contributed by atoms with E-state index in [1.165, 1.54) is 0 Å². The number of hydrogen-bond acceptors (Lipinski definition) is 4. The number of aryl methyl sites for hydroxylation is 1. The summed E-state index contributed by atoms with van der Waals surface area (Å²) in [6.45, 7) is 4.27. The lowest BCUT2D eigenvalue weighted by Crippen LogP contribution is -2.20. The molecule has 0 spiro atoms. The number of nitrogens with one attached hydrogen (secondary N) is 1. The molecule has 4 N–H and O–H groups in total. The second-order valence-electron chi connectivity index (χ2n) is 4.84. The number of rotatable bonds is 5.